The average molecular weight is 464 g/mol. The molecule has 1 amide bonds. The van der Waals surface area contributed by atoms with E-state index in [1.54, 1.807) is 30.3 Å². The zero-order valence-electron chi connectivity index (χ0n) is 18.1. The SMILES string of the molecule is CC(C)N1CCC(N2CCC[C@H](NS(=O)(=O)c3ccc4ccc(Cl)cc4c3)C2=O)CC1. The van der Waals surface area contributed by atoms with Crippen molar-refractivity contribution in [3.63, 3.8) is 0 Å². The van der Waals surface area contributed by atoms with E-state index in [0.29, 0.717) is 24.0 Å². The van der Waals surface area contributed by atoms with Gasteiger partial charge in [-0.15, -0.1) is 0 Å². The number of nitrogens with zero attached hydrogens (tertiary/aromatic N) is 2. The number of rotatable bonds is 5. The Bertz CT molecular complexity index is 1060. The minimum atomic E-state index is -3.82. The van der Waals surface area contributed by atoms with Crippen LogP contribution in [0.1, 0.15) is 39.5 Å². The summed E-state index contributed by atoms with van der Waals surface area (Å²) < 4.78 is 28.8. The molecule has 0 spiro atoms. The summed E-state index contributed by atoms with van der Waals surface area (Å²) in [6.07, 6.45) is 3.21. The van der Waals surface area contributed by atoms with E-state index in [1.165, 1.54) is 0 Å². The Labute approximate surface area is 189 Å². The molecular weight excluding hydrogens is 434 g/mol. The third-order valence-electron chi connectivity index (χ3n) is 6.52. The van der Waals surface area contributed by atoms with Crippen LogP contribution in [0.2, 0.25) is 5.02 Å². The number of hydrogen-bond donors (Lipinski definition) is 1. The number of hydrogen-bond acceptors (Lipinski definition) is 4. The van der Waals surface area contributed by atoms with Gasteiger partial charge in [0.2, 0.25) is 15.9 Å². The highest BCUT2D eigenvalue weighted by Gasteiger charge is 2.37. The zero-order chi connectivity index (χ0) is 22.2. The Balaban J connectivity index is 1.47. The summed E-state index contributed by atoms with van der Waals surface area (Å²) in [5.74, 6) is -0.0957. The van der Waals surface area contributed by atoms with Crippen LogP contribution in [0.4, 0.5) is 0 Å². The summed E-state index contributed by atoms with van der Waals surface area (Å²) in [7, 11) is -3.82. The molecule has 6 nitrogen and oxygen atoms in total. The Morgan fingerprint density at radius 3 is 2.42 bits per heavy atom. The van der Waals surface area contributed by atoms with Crippen LogP contribution in [0.25, 0.3) is 10.8 Å². The average Bonchev–Trinajstić information content (AvgIpc) is 2.74. The second-order valence-corrected chi connectivity index (χ2v) is 11.0. The summed E-state index contributed by atoms with van der Waals surface area (Å²) in [5.41, 5.74) is 0. The van der Waals surface area contributed by atoms with Gasteiger partial charge >= 0.3 is 0 Å². The minimum Gasteiger partial charge on any atom is -0.338 e. The highest BCUT2D eigenvalue weighted by molar-refractivity contribution is 7.89. The lowest BCUT2D eigenvalue weighted by Crippen LogP contribution is -2.57. The van der Waals surface area contributed by atoms with Crippen LogP contribution in [-0.4, -0.2) is 61.9 Å². The van der Waals surface area contributed by atoms with E-state index in [0.717, 1.165) is 43.1 Å². The lowest BCUT2D eigenvalue weighted by molar-refractivity contribution is -0.139. The largest absolute Gasteiger partial charge is 0.338 e. The predicted molar refractivity (Wildman–Crippen MR) is 124 cm³/mol. The molecule has 2 heterocycles. The number of carbonyl (C=O) groups is 1. The van der Waals surface area contributed by atoms with Crippen LogP contribution in [0, 0.1) is 0 Å². The number of benzene rings is 2. The smallest absolute Gasteiger partial charge is 0.241 e. The van der Waals surface area contributed by atoms with Gasteiger partial charge in [-0.1, -0.05) is 23.7 Å². The summed E-state index contributed by atoms with van der Waals surface area (Å²) in [4.78, 5) is 17.7. The fourth-order valence-electron chi connectivity index (χ4n) is 4.70. The first kappa shape index (κ1) is 22.5. The number of carbonyl (C=O) groups excluding carboxylic acids is 1. The number of fused-ring (bicyclic) bond motifs is 1. The summed E-state index contributed by atoms with van der Waals surface area (Å²) in [5, 5.41) is 2.22. The van der Waals surface area contributed by atoms with E-state index in [1.807, 2.05) is 11.0 Å². The van der Waals surface area contributed by atoms with Crippen LogP contribution in [0.5, 0.6) is 0 Å². The first-order valence-corrected chi connectivity index (χ1v) is 12.9. The van der Waals surface area contributed by atoms with Crippen molar-refractivity contribution < 1.29 is 13.2 Å². The van der Waals surface area contributed by atoms with Crippen molar-refractivity contribution in [3.05, 3.63) is 41.4 Å². The monoisotopic (exact) mass is 463 g/mol. The van der Waals surface area contributed by atoms with Crippen molar-refractivity contribution in [2.24, 2.45) is 0 Å². The molecule has 2 aromatic carbocycles. The molecule has 0 radical (unpaired) electrons. The van der Waals surface area contributed by atoms with Gasteiger partial charge in [-0.2, -0.15) is 4.72 Å². The van der Waals surface area contributed by atoms with Gasteiger partial charge in [0.05, 0.1) is 4.90 Å². The number of likely N-dealkylation sites (tertiary alicyclic amines) is 2. The van der Waals surface area contributed by atoms with Gasteiger partial charge in [-0.05, 0) is 74.6 Å². The maximum Gasteiger partial charge on any atom is 0.241 e. The molecule has 0 saturated carbocycles. The molecule has 2 fully saturated rings. The molecule has 8 heteroatoms. The zero-order valence-corrected chi connectivity index (χ0v) is 19.6. The molecule has 4 rings (SSSR count). The van der Waals surface area contributed by atoms with Crippen molar-refractivity contribution in [2.75, 3.05) is 19.6 Å². The molecule has 2 aliphatic rings. The van der Waals surface area contributed by atoms with Gasteiger partial charge in [-0.25, -0.2) is 8.42 Å². The van der Waals surface area contributed by atoms with Gasteiger partial charge in [0.15, 0.2) is 0 Å². The second-order valence-electron chi connectivity index (χ2n) is 8.86. The minimum absolute atomic E-state index is 0.0957. The number of sulfonamides is 1. The fourth-order valence-corrected chi connectivity index (χ4v) is 6.14. The molecular formula is C23H30ClN3O3S. The van der Waals surface area contributed by atoms with Crippen molar-refractivity contribution in [3.8, 4) is 0 Å². The van der Waals surface area contributed by atoms with Crippen LogP contribution >= 0.6 is 11.6 Å². The van der Waals surface area contributed by atoms with E-state index in [-0.39, 0.29) is 16.8 Å². The number of nitrogens with one attached hydrogen (secondary N) is 1. The fraction of sp³-hybridized carbons (Fsp3) is 0.522. The molecule has 2 aromatic rings. The number of halogens is 1. The lowest BCUT2D eigenvalue weighted by atomic mass is 9.97. The Hall–Kier alpha value is -1.67. The van der Waals surface area contributed by atoms with Crippen LogP contribution < -0.4 is 4.72 Å². The molecule has 0 bridgehead atoms. The second kappa shape index (κ2) is 9.06. The van der Waals surface area contributed by atoms with Gasteiger partial charge in [0.1, 0.15) is 6.04 Å². The molecule has 0 aromatic heterocycles. The molecule has 1 atom stereocenters. The Morgan fingerprint density at radius 1 is 1.00 bits per heavy atom. The van der Waals surface area contributed by atoms with Crippen molar-refractivity contribution in [2.45, 2.75) is 62.6 Å². The third kappa shape index (κ3) is 4.90. The van der Waals surface area contributed by atoms with Gasteiger partial charge in [0, 0.05) is 36.7 Å². The van der Waals surface area contributed by atoms with Crippen molar-refractivity contribution in [1.29, 1.82) is 0 Å². The highest BCUT2D eigenvalue weighted by atomic mass is 35.5. The summed E-state index contributed by atoms with van der Waals surface area (Å²) >= 11 is 6.06. The predicted octanol–water partition coefficient (Wildman–Crippen LogP) is 3.64. The molecule has 0 aliphatic carbocycles. The van der Waals surface area contributed by atoms with E-state index in [2.05, 4.69) is 23.5 Å². The topological polar surface area (TPSA) is 69.7 Å². The van der Waals surface area contributed by atoms with E-state index >= 15 is 0 Å². The Morgan fingerprint density at radius 2 is 1.71 bits per heavy atom. The standard InChI is InChI=1S/C23H30ClN3O3S/c1-16(2)26-12-9-20(10-13-26)27-11-3-4-22(23(27)28)25-31(29,30)21-8-6-17-5-7-19(24)14-18(17)15-21/h5-8,14-16,20,22,25H,3-4,9-13H2,1-2H3/t22-/m0/s1. The van der Waals surface area contributed by atoms with E-state index in [4.69, 9.17) is 11.6 Å². The molecule has 168 valence electrons. The van der Waals surface area contributed by atoms with Crippen LogP contribution in [0.15, 0.2) is 41.3 Å². The molecule has 0 unspecified atom stereocenters. The summed E-state index contributed by atoms with van der Waals surface area (Å²) in [6.45, 7) is 7.04. The highest BCUT2D eigenvalue weighted by Crippen LogP contribution is 2.26. The maximum atomic E-state index is 13.2. The lowest BCUT2D eigenvalue weighted by Gasteiger charge is -2.43. The maximum absolute atomic E-state index is 13.2. The first-order valence-electron chi connectivity index (χ1n) is 11.0. The summed E-state index contributed by atoms with van der Waals surface area (Å²) in [6, 6.07) is 10.3. The first-order chi connectivity index (χ1) is 14.7. The van der Waals surface area contributed by atoms with Crippen LogP contribution in [-0.2, 0) is 14.8 Å². The Kier molecular flexibility index (Phi) is 6.58. The molecule has 31 heavy (non-hydrogen) atoms. The van der Waals surface area contributed by atoms with Gasteiger partial charge in [-0.3, -0.25) is 4.79 Å². The van der Waals surface area contributed by atoms with Gasteiger partial charge in [0.25, 0.3) is 0 Å². The van der Waals surface area contributed by atoms with Crippen molar-refractivity contribution in [1.82, 2.24) is 14.5 Å². The van der Waals surface area contributed by atoms with E-state index < -0.39 is 16.1 Å². The third-order valence-corrected chi connectivity index (χ3v) is 8.23. The number of amides is 1. The molecule has 2 aliphatic heterocycles. The van der Waals surface area contributed by atoms with Gasteiger partial charge < -0.3 is 9.80 Å². The van der Waals surface area contributed by atoms with Crippen molar-refractivity contribution >= 4 is 38.3 Å². The quantitative estimate of drug-likeness (QED) is 0.735. The normalized spacial score (nSPS) is 21.9. The molecule has 2 saturated heterocycles. The van der Waals surface area contributed by atoms with Crippen LogP contribution in [0.3, 0.4) is 0 Å². The number of piperidine rings is 2. The van der Waals surface area contributed by atoms with E-state index in [9.17, 15) is 13.2 Å². The molecule has 1 N–H and O–H groups in total.